The molecule has 0 bridgehead atoms. The van der Waals surface area contributed by atoms with Crippen molar-refractivity contribution in [1.82, 2.24) is 0 Å². The number of hydrogen-bond donors (Lipinski definition) is 1. The Morgan fingerprint density at radius 3 is 2.30 bits per heavy atom. The minimum absolute atomic E-state index is 0.115. The average molecular weight is 364 g/mol. The average Bonchev–Trinajstić information content (AvgIpc) is 2.67. The van der Waals surface area contributed by atoms with Gasteiger partial charge in [-0.25, -0.2) is 8.78 Å². The lowest BCUT2D eigenvalue weighted by atomic mass is 9.75. The van der Waals surface area contributed by atoms with Crippen LogP contribution in [0.25, 0.3) is 0 Å². The normalized spacial score (nSPS) is 18.6. The molecule has 0 saturated heterocycles. The van der Waals surface area contributed by atoms with E-state index in [1.807, 2.05) is 6.07 Å². The zero-order valence-corrected chi connectivity index (χ0v) is 13.6. The second-order valence-electron chi connectivity index (χ2n) is 6.04. The number of nitrogens with two attached hydrogens (primary N) is 1. The van der Waals surface area contributed by atoms with E-state index in [2.05, 4.69) is 0 Å². The molecule has 2 N–H and O–H groups in total. The van der Waals surface area contributed by atoms with Crippen molar-refractivity contribution in [1.29, 1.82) is 5.26 Å². The number of ether oxygens (including phenoxy) is 1. The van der Waals surface area contributed by atoms with Crippen LogP contribution in [0.5, 0.6) is 0 Å². The van der Waals surface area contributed by atoms with Crippen LogP contribution in [0.15, 0.2) is 65.3 Å². The van der Waals surface area contributed by atoms with Crippen LogP contribution in [-0.2, 0) is 4.74 Å². The molecule has 27 heavy (non-hydrogen) atoms. The highest BCUT2D eigenvalue weighted by Crippen LogP contribution is 2.44. The SMILES string of the molecule is N#CC1=C(N)OC2=C(C(=O)c3ccccc3C2=O)[C@H]1c1ccc(F)c(F)c1. The van der Waals surface area contributed by atoms with Gasteiger partial charge in [0.15, 0.2) is 23.2 Å². The van der Waals surface area contributed by atoms with Gasteiger partial charge in [0.2, 0.25) is 11.7 Å². The van der Waals surface area contributed by atoms with Gasteiger partial charge in [-0.1, -0.05) is 30.3 Å². The molecule has 1 heterocycles. The van der Waals surface area contributed by atoms with Crippen LogP contribution in [0.1, 0.15) is 32.2 Å². The molecule has 0 radical (unpaired) electrons. The maximum atomic E-state index is 13.8. The molecule has 1 aliphatic heterocycles. The van der Waals surface area contributed by atoms with Crippen LogP contribution in [0.2, 0.25) is 0 Å². The van der Waals surface area contributed by atoms with Gasteiger partial charge >= 0.3 is 0 Å². The van der Waals surface area contributed by atoms with Gasteiger partial charge in [-0.3, -0.25) is 9.59 Å². The second-order valence-corrected chi connectivity index (χ2v) is 6.04. The van der Waals surface area contributed by atoms with Gasteiger partial charge in [-0.2, -0.15) is 5.26 Å². The van der Waals surface area contributed by atoms with Gasteiger partial charge in [-0.15, -0.1) is 0 Å². The molecule has 132 valence electrons. The lowest BCUT2D eigenvalue weighted by molar-refractivity contribution is 0.0897. The number of halogens is 2. The summed E-state index contributed by atoms with van der Waals surface area (Å²) in [5.41, 5.74) is 5.94. The number of allylic oxidation sites excluding steroid dienone is 3. The van der Waals surface area contributed by atoms with Gasteiger partial charge in [0.25, 0.3) is 0 Å². The van der Waals surface area contributed by atoms with Crippen molar-refractivity contribution in [2.24, 2.45) is 5.73 Å². The van der Waals surface area contributed by atoms with Crippen LogP contribution >= 0.6 is 0 Å². The number of hydrogen-bond acceptors (Lipinski definition) is 5. The molecule has 5 nitrogen and oxygen atoms in total. The molecule has 2 aromatic carbocycles. The van der Waals surface area contributed by atoms with Crippen molar-refractivity contribution in [3.8, 4) is 6.07 Å². The van der Waals surface area contributed by atoms with Gasteiger partial charge in [0.1, 0.15) is 11.6 Å². The summed E-state index contributed by atoms with van der Waals surface area (Å²) in [6, 6.07) is 11.0. The fourth-order valence-electron chi connectivity index (χ4n) is 3.33. The van der Waals surface area contributed by atoms with E-state index in [1.165, 1.54) is 18.2 Å². The summed E-state index contributed by atoms with van der Waals surface area (Å²) >= 11 is 0. The number of nitrogens with zero attached hydrogens (tertiary/aromatic N) is 1. The molecule has 1 atom stereocenters. The molecule has 1 aliphatic carbocycles. The molecule has 0 fully saturated rings. The van der Waals surface area contributed by atoms with Crippen molar-refractivity contribution in [2.75, 3.05) is 0 Å². The first-order valence-corrected chi connectivity index (χ1v) is 7.89. The molecular formula is C20H10F2N2O3. The number of nitriles is 1. The summed E-state index contributed by atoms with van der Waals surface area (Å²) in [5.74, 6) is -5.11. The zero-order valence-electron chi connectivity index (χ0n) is 13.6. The smallest absolute Gasteiger partial charge is 0.229 e. The van der Waals surface area contributed by atoms with Crippen LogP contribution < -0.4 is 5.73 Å². The standard InChI is InChI=1S/C20H10F2N2O3/c21-13-6-5-9(7-14(13)22)15-12(8-23)20(24)27-19-16(15)17(25)10-3-1-2-4-11(10)18(19)26/h1-7,15H,24H2/t15-/m0/s1. The molecular weight excluding hydrogens is 354 g/mol. The summed E-state index contributed by atoms with van der Waals surface area (Å²) in [6.07, 6.45) is 0. The maximum Gasteiger partial charge on any atom is 0.229 e. The molecule has 0 spiro atoms. The van der Waals surface area contributed by atoms with Crippen molar-refractivity contribution >= 4 is 11.6 Å². The van der Waals surface area contributed by atoms with Gasteiger partial charge in [-0.05, 0) is 17.7 Å². The van der Waals surface area contributed by atoms with E-state index in [0.717, 1.165) is 12.1 Å². The fourth-order valence-corrected chi connectivity index (χ4v) is 3.33. The number of carbonyl (C=O) groups excluding carboxylic acids is 2. The second kappa shape index (κ2) is 5.88. The number of benzene rings is 2. The third kappa shape index (κ3) is 2.34. The van der Waals surface area contributed by atoms with Crippen molar-refractivity contribution in [3.05, 3.63) is 93.6 Å². The Morgan fingerprint density at radius 2 is 1.67 bits per heavy atom. The van der Waals surface area contributed by atoms with Crippen LogP contribution in [-0.4, -0.2) is 11.6 Å². The van der Waals surface area contributed by atoms with Crippen LogP contribution in [0.4, 0.5) is 8.78 Å². The molecule has 7 heteroatoms. The fraction of sp³-hybridized carbons (Fsp3) is 0.0500. The number of Topliss-reactive ketones (excluding diaryl/α,β-unsaturated/α-hetero) is 2. The summed E-state index contributed by atoms with van der Waals surface area (Å²) in [7, 11) is 0. The van der Waals surface area contributed by atoms with Crippen LogP contribution in [0.3, 0.4) is 0 Å². The third-order valence-corrected chi connectivity index (χ3v) is 4.56. The lowest BCUT2D eigenvalue weighted by Crippen LogP contribution is -2.32. The minimum Gasteiger partial charge on any atom is -0.436 e. The van der Waals surface area contributed by atoms with Crippen molar-refractivity contribution in [2.45, 2.75) is 5.92 Å². The van der Waals surface area contributed by atoms with Crippen LogP contribution in [0, 0.1) is 23.0 Å². The number of ketones is 2. The van der Waals surface area contributed by atoms with E-state index in [4.69, 9.17) is 10.5 Å². The molecule has 4 rings (SSSR count). The highest BCUT2D eigenvalue weighted by molar-refractivity contribution is 6.27. The van der Waals surface area contributed by atoms with E-state index in [9.17, 15) is 23.6 Å². The monoisotopic (exact) mass is 364 g/mol. The highest BCUT2D eigenvalue weighted by atomic mass is 19.2. The first kappa shape index (κ1) is 16.7. The Labute approximate surface area is 152 Å². The molecule has 2 aliphatic rings. The van der Waals surface area contributed by atoms with Crippen molar-refractivity contribution in [3.63, 3.8) is 0 Å². The lowest BCUT2D eigenvalue weighted by Gasteiger charge is -2.30. The van der Waals surface area contributed by atoms with Gasteiger partial charge in [0.05, 0.1) is 11.5 Å². The first-order valence-electron chi connectivity index (χ1n) is 7.89. The summed E-state index contributed by atoms with van der Waals surface area (Å²) in [4.78, 5) is 25.9. The predicted octanol–water partition coefficient (Wildman–Crippen LogP) is 3.11. The van der Waals surface area contributed by atoms with Crippen molar-refractivity contribution < 1.29 is 23.1 Å². The molecule has 2 aromatic rings. The number of fused-ring (bicyclic) bond motifs is 1. The third-order valence-electron chi connectivity index (χ3n) is 4.56. The Kier molecular flexibility index (Phi) is 3.63. The maximum absolute atomic E-state index is 13.8. The summed E-state index contributed by atoms with van der Waals surface area (Å²) in [6.45, 7) is 0. The Morgan fingerprint density at radius 1 is 1.00 bits per heavy atom. The molecule has 0 amide bonds. The van der Waals surface area contributed by atoms with E-state index < -0.39 is 29.1 Å². The largest absolute Gasteiger partial charge is 0.436 e. The van der Waals surface area contributed by atoms with Gasteiger partial charge < -0.3 is 10.5 Å². The Balaban J connectivity index is 1.99. The molecule has 0 aromatic heterocycles. The predicted molar refractivity (Wildman–Crippen MR) is 89.1 cm³/mol. The van der Waals surface area contributed by atoms with E-state index in [1.54, 1.807) is 12.1 Å². The Hall–Kier alpha value is -3.79. The summed E-state index contributed by atoms with van der Waals surface area (Å²) in [5, 5.41) is 9.50. The highest BCUT2D eigenvalue weighted by Gasteiger charge is 2.43. The van der Waals surface area contributed by atoms with E-state index in [0.29, 0.717) is 0 Å². The quantitative estimate of drug-likeness (QED) is 0.839. The zero-order chi connectivity index (χ0) is 19.3. The van der Waals surface area contributed by atoms with E-state index in [-0.39, 0.29) is 39.5 Å². The van der Waals surface area contributed by atoms with E-state index >= 15 is 0 Å². The summed E-state index contributed by atoms with van der Waals surface area (Å²) < 4.78 is 32.5. The molecule has 0 saturated carbocycles. The first-order chi connectivity index (χ1) is 12.9. The topological polar surface area (TPSA) is 93.2 Å². The van der Waals surface area contributed by atoms with Gasteiger partial charge in [0, 0.05) is 11.1 Å². The number of rotatable bonds is 1. The molecule has 0 unspecified atom stereocenters. The Bertz CT molecular complexity index is 1140. The minimum atomic E-state index is -1.15. The number of carbonyl (C=O) groups is 2.